The Kier molecular flexibility index (Phi) is 6.23. The smallest absolute Gasteiger partial charge is 0.251 e. The second-order valence-corrected chi connectivity index (χ2v) is 8.03. The van der Waals surface area contributed by atoms with Crippen molar-refractivity contribution in [2.24, 2.45) is 0 Å². The molecule has 0 saturated heterocycles. The van der Waals surface area contributed by atoms with E-state index in [1.165, 1.54) is 24.3 Å². The van der Waals surface area contributed by atoms with Crippen molar-refractivity contribution in [1.82, 2.24) is 19.6 Å². The van der Waals surface area contributed by atoms with Gasteiger partial charge in [0.25, 0.3) is 5.91 Å². The van der Waals surface area contributed by atoms with Crippen LogP contribution in [0.2, 0.25) is 0 Å². The van der Waals surface area contributed by atoms with Gasteiger partial charge in [0, 0.05) is 37.6 Å². The van der Waals surface area contributed by atoms with Crippen LogP contribution in [0.15, 0.2) is 72.1 Å². The van der Waals surface area contributed by atoms with Crippen molar-refractivity contribution < 1.29 is 13.2 Å². The Hall–Kier alpha value is -2.97. The number of hydrogen-bond donors (Lipinski definition) is 2. The van der Waals surface area contributed by atoms with Crippen molar-refractivity contribution in [3.8, 4) is 0 Å². The number of nitrogens with zero attached hydrogens (tertiary/aromatic N) is 2. The zero-order valence-electron chi connectivity index (χ0n) is 15.5. The highest BCUT2D eigenvalue weighted by Gasteiger charge is 2.13. The minimum Gasteiger partial charge on any atom is -0.348 e. The molecule has 3 rings (SSSR count). The molecule has 0 unspecified atom stereocenters. The van der Waals surface area contributed by atoms with Crippen molar-refractivity contribution >= 4 is 15.9 Å². The van der Waals surface area contributed by atoms with Gasteiger partial charge in [0.2, 0.25) is 10.0 Å². The molecule has 0 fully saturated rings. The van der Waals surface area contributed by atoms with Gasteiger partial charge in [0.15, 0.2) is 0 Å². The summed E-state index contributed by atoms with van der Waals surface area (Å²) in [5, 5.41) is 2.84. The average molecular weight is 398 g/mol. The molecule has 0 aliphatic rings. The lowest BCUT2D eigenvalue weighted by Gasteiger charge is -2.08. The molecule has 3 aromatic rings. The van der Waals surface area contributed by atoms with Gasteiger partial charge in [-0.05, 0) is 35.4 Å². The number of sulfonamides is 1. The first kappa shape index (κ1) is 19.8. The maximum atomic E-state index is 12.3. The maximum absolute atomic E-state index is 12.3. The van der Waals surface area contributed by atoms with Crippen molar-refractivity contribution in [3.05, 3.63) is 83.9 Å². The largest absolute Gasteiger partial charge is 0.348 e. The zero-order valence-corrected chi connectivity index (χ0v) is 16.3. The first-order chi connectivity index (χ1) is 13.5. The van der Waals surface area contributed by atoms with Crippen molar-refractivity contribution in [2.45, 2.75) is 24.9 Å². The molecule has 0 aliphatic carbocycles. The zero-order chi connectivity index (χ0) is 20.0. The fourth-order valence-corrected chi connectivity index (χ4v) is 3.74. The van der Waals surface area contributed by atoms with E-state index in [1.807, 2.05) is 35.0 Å². The Labute approximate surface area is 164 Å². The van der Waals surface area contributed by atoms with Gasteiger partial charge >= 0.3 is 0 Å². The van der Waals surface area contributed by atoms with Crippen LogP contribution in [0.25, 0.3) is 0 Å². The Bertz CT molecular complexity index is 1010. The molecule has 2 N–H and O–H groups in total. The number of carbonyl (C=O) groups is 1. The van der Waals surface area contributed by atoms with E-state index in [0.717, 1.165) is 17.7 Å². The van der Waals surface area contributed by atoms with Crippen LogP contribution in [0.5, 0.6) is 0 Å². The fraction of sp³-hybridized carbons (Fsp3) is 0.200. The van der Waals surface area contributed by atoms with E-state index in [-0.39, 0.29) is 10.8 Å². The highest BCUT2D eigenvalue weighted by Crippen LogP contribution is 2.11. The first-order valence-corrected chi connectivity index (χ1v) is 10.4. The van der Waals surface area contributed by atoms with Gasteiger partial charge in [-0.15, -0.1) is 0 Å². The lowest BCUT2D eigenvalue weighted by atomic mass is 10.1. The minimum absolute atomic E-state index is 0.138. The van der Waals surface area contributed by atoms with Crippen LogP contribution in [0.3, 0.4) is 0 Å². The summed E-state index contributed by atoms with van der Waals surface area (Å²) in [5.74, 6) is -0.255. The molecular formula is C20H22N4O3S. The topological polar surface area (TPSA) is 93.1 Å². The molecule has 28 heavy (non-hydrogen) atoms. The molecule has 2 aromatic carbocycles. The number of aromatic nitrogens is 2. The van der Waals surface area contributed by atoms with E-state index in [0.29, 0.717) is 18.7 Å². The normalized spacial score (nSPS) is 11.3. The summed E-state index contributed by atoms with van der Waals surface area (Å²) in [7, 11) is -3.52. The highest BCUT2D eigenvalue weighted by atomic mass is 32.2. The molecule has 1 heterocycles. The monoisotopic (exact) mass is 398 g/mol. The lowest BCUT2D eigenvalue weighted by Crippen LogP contribution is -2.24. The van der Waals surface area contributed by atoms with E-state index < -0.39 is 10.0 Å². The van der Waals surface area contributed by atoms with Gasteiger partial charge in [0.05, 0.1) is 11.2 Å². The molecule has 0 saturated carbocycles. The lowest BCUT2D eigenvalue weighted by molar-refractivity contribution is 0.0951. The molecule has 0 atom stereocenters. The van der Waals surface area contributed by atoms with Crippen LogP contribution in [-0.4, -0.2) is 30.4 Å². The third kappa shape index (κ3) is 5.05. The van der Waals surface area contributed by atoms with E-state index >= 15 is 0 Å². The molecular weight excluding hydrogens is 376 g/mol. The van der Waals surface area contributed by atoms with Gasteiger partial charge in [-0.25, -0.2) is 18.1 Å². The maximum Gasteiger partial charge on any atom is 0.251 e. The van der Waals surface area contributed by atoms with E-state index in [4.69, 9.17) is 0 Å². The molecule has 0 radical (unpaired) electrons. The average Bonchev–Trinajstić information content (AvgIpc) is 3.20. The number of imidazole rings is 1. The van der Waals surface area contributed by atoms with Gasteiger partial charge < -0.3 is 9.88 Å². The van der Waals surface area contributed by atoms with Gasteiger partial charge in [0.1, 0.15) is 0 Å². The Morgan fingerprint density at radius 2 is 1.71 bits per heavy atom. The summed E-state index contributed by atoms with van der Waals surface area (Å²) in [6.45, 7) is 3.16. The van der Waals surface area contributed by atoms with E-state index in [1.54, 1.807) is 19.4 Å². The van der Waals surface area contributed by atoms with E-state index in [2.05, 4.69) is 15.0 Å². The fourth-order valence-electron chi connectivity index (χ4n) is 2.70. The second kappa shape index (κ2) is 8.81. The predicted molar refractivity (Wildman–Crippen MR) is 106 cm³/mol. The van der Waals surface area contributed by atoms with E-state index in [9.17, 15) is 13.2 Å². The van der Waals surface area contributed by atoms with Crippen LogP contribution in [-0.2, 0) is 23.1 Å². The number of hydrogen-bond acceptors (Lipinski definition) is 4. The quantitative estimate of drug-likeness (QED) is 0.608. The third-order valence-corrected chi connectivity index (χ3v) is 5.72. The minimum atomic E-state index is -3.52. The van der Waals surface area contributed by atoms with Gasteiger partial charge in [-0.1, -0.05) is 31.2 Å². The van der Waals surface area contributed by atoms with Gasteiger partial charge in [-0.2, -0.15) is 0 Å². The van der Waals surface area contributed by atoms with Crippen molar-refractivity contribution in [3.63, 3.8) is 0 Å². The van der Waals surface area contributed by atoms with Crippen LogP contribution >= 0.6 is 0 Å². The molecule has 0 aliphatic heterocycles. The Morgan fingerprint density at radius 1 is 1.04 bits per heavy atom. The van der Waals surface area contributed by atoms with Crippen LogP contribution in [0.1, 0.15) is 28.4 Å². The molecule has 1 aromatic heterocycles. The summed E-state index contributed by atoms with van der Waals surface area (Å²) in [5.41, 5.74) is 2.53. The van der Waals surface area contributed by atoms with Crippen LogP contribution in [0, 0.1) is 0 Å². The standard InChI is InChI=1S/C20H22N4O3S/c1-2-23-28(26,27)19-9-7-18(8-10-19)20(25)22-13-16-3-5-17(6-4-16)14-24-12-11-21-15-24/h3-12,15,23H,2,13-14H2,1H3,(H,22,25). The highest BCUT2D eigenvalue weighted by molar-refractivity contribution is 7.89. The molecule has 146 valence electrons. The SMILES string of the molecule is CCNS(=O)(=O)c1ccc(C(=O)NCc2ccc(Cn3ccnc3)cc2)cc1. The summed E-state index contributed by atoms with van der Waals surface area (Å²) in [6, 6.07) is 13.8. The number of rotatable bonds is 8. The number of benzene rings is 2. The predicted octanol–water partition coefficient (Wildman–Crippen LogP) is 2.16. The Balaban J connectivity index is 1.56. The summed E-state index contributed by atoms with van der Waals surface area (Å²) in [6.07, 6.45) is 5.41. The Morgan fingerprint density at radius 3 is 2.32 bits per heavy atom. The molecule has 0 bridgehead atoms. The number of carbonyl (C=O) groups excluding carboxylic acids is 1. The summed E-state index contributed by atoms with van der Waals surface area (Å²) >= 11 is 0. The second-order valence-electron chi connectivity index (χ2n) is 6.26. The van der Waals surface area contributed by atoms with Crippen molar-refractivity contribution in [1.29, 1.82) is 0 Å². The third-order valence-electron chi connectivity index (χ3n) is 4.16. The molecule has 1 amide bonds. The number of amides is 1. The summed E-state index contributed by atoms with van der Waals surface area (Å²) in [4.78, 5) is 16.5. The molecule has 8 heteroatoms. The molecule has 0 spiro atoms. The van der Waals surface area contributed by atoms with Gasteiger partial charge in [-0.3, -0.25) is 4.79 Å². The first-order valence-electron chi connectivity index (χ1n) is 8.89. The van der Waals surface area contributed by atoms with Crippen LogP contribution in [0.4, 0.5) is 0 Å². The summed E-state index contributed by atoms with van der Waals surface area (Å²) < 4.78 is 28.3. The molecule has 7 nitrogen and oxygen atoms in total. The van der Waals surface area contributed by atoms with Crippen LogP contribution < -0.4 is 10.0 Å². The van der Waals surface area contributed by atoms with Crippen molar-refractivity contribution in [2.75, 3.05) is 6.54 Å². The number of nitrogens with one attached hydrogen (secondary N) is 2.